The van der Waals surface area contributed by atoms with Gasteiger partial charge in [-0.05, 0) is 139 Å². The Morgan fingerprint density at radius 3 is 1.16 bits per heavy atom. The Morgan fingerprint density at radius 1 is 0.354 bits per heavy atom. The zero-order valence-electron chi connectivity index (χ0n) is 47.1. The number of allylic oxidation sites excluding steroid dienone is 4. The number of amides is 4. The Labute approximate surface area is 480 Å². The van der Waals surface area contributed by atoms with Crippen LogP contribution in [0, 0.1) is 0 Å². The summed E-state index contributed by atoms with van der Waals surface area (Å²) in [7, 11) is 0. The summed E-state index contributed by atoms with van der Waals surface area (Å²) in [4.78, 5) is 68.2. The number of unbranched alkanes of at least 4 members (excludes halogenated alkanes) is 10. The number of imide groups is 2. The molecule has 13 rings (SSSR count). The Morgan fingerprint density at radius 2 is 0.732 bits per heavy atom. The van der Waals surface area contributed by atoms with Gasteiger partial charge in [-0.3, -0.25) is 29.0 Å². The standard InChI is InChI=1S/C74H68N4O4/c1-3-5-7-9-11-23-39-77-71(79)59-35-33-57-66-54(44-52-38-42-76(48-50-27-17-14-18-28-50)64-32-22-20-30-56(52)64)46-62-68-60(72(80)78(74(62)82)40-24-12-10-8-6-4-2)36-34-58(70(66)68)65-53(45-61(73(77)81)67(59)69(57)65)43-51-37-41-75(47-49-25-15-13-16-26-49)63-31-21-19-29-55(51)63/h13-22,25-38,41-46H,3-12,23-24,39-40,47-48H2,1-2H3/b51-43-,52-44-. The highest BCUT2D eigenvalue weighted by Gasteiger charge is 2.38. The monoisotopic (exact) mass is 1080 g/mol. The Bertz CT molecular complexity index is 3870. The zero-order valence-corrected chi connectivity index (χ0v) is 47.1. The average Bonchev–Trinajstić information content (AvgIpc) is 0.849. The second-order valence-corrected chi connectivity index (χ2v) is 22.7. The first-order valence-corrected chi connectivity index (χ1v) is 29.9. The summed E-state index contributed by atoms with van der Waals surface area (Å²) >= 11 is 0. The first kappa shape index (κ1) is 52.5. The van der Waals surface area contributed by atoms with Crippen molar-refractivity contribution in [1.82, 2.24) is 9.80 Å². The van der Waals surface area contributed by atoms with E-state index in [1.165, 1.54) is 33.8 Å². The SMILES string of the molecule is CCCCCCCCN1C(=O)c2ccc3c4c(/C=C5/C=CN(Cc6ccccc6)c6ccccc65)cc5c6c(ccc(c7c(/C=C8/C=CN(Cc9ccccc9)c9ccccc98)cc(c2c37)C1=O)c64)C(=O)N(CCCCCCCC)C5=O. The highest BCUT2D eigenvalue weighted by atomic mass is 16.2. The van der Waals surface area contributed by atoms with Crippen LogP contribution < -0.4 is 9.80 Å². The normalized spacial score (nSPS) is 15.7. The number of carbonyl (C=O) groups is 4. The number of nitrogens with zero attached hydrogens (tertiary/aromatic N) is 4. The van der Waals surface area contributed by atoms with Gasteiger partial charge in [0.05, 0.1) is 0 Å². The van der Waals surface area contributed by atoms with Gasteiger partial charge in [0.25, 0.3) is 23.6 Å². The van der Waals surface area contributed by atoms with Crippen molar-refractivity contribution >= 4 is 101 Å². The quantitative estimate of drug-likeness (QED) is 0.0327. The van der Waals surface area contributed by atoms with Crippen molar-refractivity contribution in [3.8, 4) is 0 Å². The summed E-state index contributed by atoms with van der Waals surface area (Å²) < 4.78 is 0. The number of carbonyl (C=O) groups excluding carboxylic acids is 4. The highest BCUT2D eigenvalue weighted by molar-refractivity contribution is 6.43. The van der Waals surface area contributed by atoms with Crippen molar-refractivity contribution in [2.75, 3.05) is 22.9 Å². The third-order valence-electron chi connectivity index (χ3n) is 17.5. The fourth-order valence-electron chi connectivity index (χ4n) is 13.4. The summed E-state index contributed by atoms with van der Waals surface area (Å²) in [6.45, 7) is 6.49. The molecule has 82 heavy (non-hydrogen) atoms. The molecule has 9 aromatic carbocycles. The van der Waals surface area contributed by atoms with Crippen molar-refractivity contribution < 1.29 is 19.2 Å². The smallest absolute Gasteiger partial charge is 0.261 e. The molecule has 4 aliphatic rings. The van der Waals surface area contributed by atoms with Gasteiger partial charge in [0, 0.05) is 94.1 Å². The summed E-state index contributed by atoms with van der Waals surface area (Å²) in [6.07, 6.45) is 25.4. The lowest BCUT2D eigenvalue weighted by atomic mass is 9.78. The summed E-state index contributed by atoms with van der Waals surface area (Å²) in [5, 5.41) is 6.38. The van der Waals surface area contributed by atoms with Gasteiger partial charge in [-0.15, -0.1) is 0 Å². The van der Waals surface area contributed by atoms with E-state index in [0.717, 1.165) is 141 Å². The molecule has 0 aliphatic carbocycles. The van der Waals surface area contributed by atoms with Crippen LogP contribution in [-0.2, 0) is 13.1 Å². The molecule has 9 aromatic rings. The number of hydrogen-bond acceptors (Lipinski definition) is 6. The lowest BCUT2D eigenvalue weighted by Gasteiger charge is -2.32. The van der Waals surface area contributed by atoms with Crippen LogP contribution in [0.15, 0.2) is 170 Å². The van der Waals surface area contributed by atoms with Crippen molar-refractivity contribution in [3.63, 3.8) is 0 Å². The first-order valence-electron chi connectivity index (χ1n) is 29.9. The molecular formula is C74H68N4O4. The van der Waals surface area contributed by atoms with Gasteiger partial charge >= 0.3 is 0 Å². The molecule has 0 bridgehead atoms. The first-order chi connectivity index (χ1) is 40.3. The Balaban J connectivity index is 1.05. The minimum absolute atomic E-state index is 0.277. The molecule has 8 nitrogen and oxygen atoms in total. The largest absolute Gasteiger partial charge is 0.343 e. The third-order valence-corrected chi connectivity index (χ3v) is 17.5. The van der Waals surface area contributed by atoms with Crippen molar-refractivity contribution in [3.05, 3.63) is 226 Å². The highest BCUT2D eigenvalue weighted by Crippen LogP contribution is 2.51. The summed E-state index contributed by atoms with van der Waals surface area (Å²) in [5.41, 5.74) is 12.2. The molecule has 0 N–H and O–H groups in total. The van der Waals surface area contributed by atoms with E-state index in [1.54, 1.807) is 0 Å². The molecule has 0 radical (unpaired) electrons. The van der Waals surface area contributed by atoms with E-state index in [1.807, 2.05) is 36.4 Å². The minimum Gasteiger partial charge on any atom is -0.343 e. The van der Waals surface area contributed by atoms with Crippen molar-refractivity contribution in [2.24, 2.45) is 0 Å². The van der Waals surface area contributed by atoms with Crippen molar-refractivity contribution in [2.45, 2.75) is 104 Å². The Hall–Kier alpha value is -8.88. The molecule has 8 heteroatoms. The van der Waals surface area contributed by atoms with Crippen LogP contribution in [0.25, 0.3) is 66.4 Å². The van der Waals surface area contributed by atoms with E-state index in [4.69, 9.17) is 0 Å². The van der Waals surface area contributed by atoms with Gasteiger partial charge in [0.2, 0.25) is 0 Å². The van der Waals surface area contributed by atoms with Crippen LogP contribution in [0.5, 0.6) is 0 Å². The Kier molecular flexibility index (Phi) is 14.5. The van der Waals surface area contributed by atoms with Crippen LogP contribution in [0.3, 0.4) is 0 Å². The van der Waals surface area contributed by atoms with E-state index >= 15 is 9.59 Å². The molecule has 4 heterocycles. The van der Waals surface area contributed by atoms with Crippen LogP contribution in [0.4, 0.5) is 11.4 Å². The van der Waals surface area contributed by atoms with Gasteiger partial charge in [-0.25, -0.2) is 0 Å². The maximum absolute atomic E-state index is 15.3. The molecule has 0 fully saturated rings. The lowest BCUT2D eigenvalue weighted by molar-refractivity contribution is 0.0592. The molecule has 0 unspecified atom stereocenters. The van der Waals surface area contributed by atoms with Crippen LogP contribution >= 0.6 is 0 Å². The minimum atomic E-state index is -0.285. The van der Waals surface area contributed by atoms with Crippen molar-refractivity contribution in [1.29, 1.82) is 0 Å². The number of benzene rings is 9. The molecular weight excluding hydrogens is 1010 g/mol. The average molecular weight is 1080 g/mol. The number of fused-ring (bicyclic) bond motifs is 4. The molecule has 0 saturated carbocycles. The third kappa shape index (κ3) is 9.38. The molecule has 0 saturated heterocycles. The van der Waals surface area contributed by atoms with Crippen LogP contribution in [-0.4, -0.2) is 46.5 Å². The molecule has 408 valence electrons. The van der Waals surface area contributed by atoms with E-state index in [-0.39, 0.29) is 23.6 Å². The van der Waals surface area contributed by atoms with Gasteiger partial charge in [0.15, 0.2) is 0 Å². The van der Waals surface area contributed by atoms with Crippen LogP contribution in [0.1, 0.15) is 166 Å². The van der Waals surface area contributed by atoms with E-state index in [2.05, 4.69) is 170 Å². The van der Waals surface area contributed by atoms with Gasteiger partial charge < -0.3 is 9.80 Å². The predicted molar refractivity (Wildman–Crippen MR) is 337 cm³/mol. The second kappa shape index (κ2) is 22.6. The molecule has 4 aliphatic heterocycles. The van der Waals surface area contributed by atoms with E-state index in [9.17, 15) is 9.59 Å². The number of rotatable bonds is 20. The van der Waals surface area contributed by atoms with E-state index in [0.29, 0.717) is 59.2 Å². The summed E-state index contributed by atoms with van der Waals surface area (Å²) in [5.74, 6) is -1.12. The molecule has 4 amide bonds. The topological polar surface area (TPSA) is 81.2 Å². The molecule has 0 atom stereocenters. The fraction of sp³-hybridized carbons (Fsp3) is 0.243. The maximum Gasteiger partial charge on any atom is 0.261 e. The molecule has 0 spiro atoms. The lowest BCUT2D eigenvalue weighted by Crippen LogP contribution is -2.41. The second-order valence-electron chi connectivity index (χ2n) is 22.7. The predicted octanol–water partition coefficient (Wildman–Crippen LogP) is 17.8. The summed E-state index contributed by atoms with van der Waals surface area (Å²) in [6, 6.07) is 49.8. The van der Waals surface area contributed by atoms with Gasteiger partial charge in [-0.2, -0.15) is 0 Å². The van der Waals surface area contributed by atoms with Gasteiger partial charge in [-0.1, -0.05) is 187 Å². The van der Waals surface area contributed by atoms with E-state index < -0.39 is 0 Å². The maximum atomic E-state index is 15.3. The zero-order chi connectivity index (χ0) is 55.8. The molecule has 0 aromatic heterocycles. The number of para-hydroxylation sites is 2. The van der Waals surface area contributed by atoms with Crippen LogP contribution in [0.2, 0.25) is 0 Å². The van der Waals surface area contributed by atoms with Gasteiger partial charge in [0.1, 0.15) is 0 Å². The number of anilines is 2. The number of hydrogen-bond donors (Lipinski definition) is 0. The fourth-order valence-corrected chi connectivity index (χ4v) is 13.4.